The minimum absolute atomic E-state index is 0.104. The van der Waals surface area contributed by atoms with Gasteiger partial charge in [0.1, 0.15) is 5.82 Å². The van der Waals surface area contributed by atoms with Crippen molar-refractivity contribution in [2.24, 2.45) is 4.99 Å². The van der Waals surface area contributed by atoms with Gasteiger partial charge >= 0.3 is 0 Å². The Morgan fingerprint density at radius 3 is 2.93 bits per heavy atom. The van der Waals surface area contributed by atoms with E-state index >= 15 is 0 Å². The zero-order valence-corrected chi connectivity index (χ0v) is 17.1. The van der Waals surface area contributed by atoms with Crippen molar-refractivity contribution in [2.45, 2.75) is 57.0 Å². The van der Waals surface area contributed by atoms with E-state index < -0.39 is 5.54 Å². The first-order valence-corrected chi connectivity index (χ1v) is 10.7. The highest BCUT2D eigenvalue weighted by atomic mass is 16.5. The third-order valence-electron chi connectivity index (χ3n) is 6.41. The van der Waals surface area contributed by atoms with E-state index in [1.807, 2.05) is 13.0 Å². The Morgan fingerprint density at radius 2 is 2.17 bits per heavy atom. The molecule has 3 N–H and O–H groups in total. The number of nitrogens with one attached hydrogen (secondary N) is 2. The second-order valence-corrected chi connectivity index (χ2v) is 8.53. The molecule has 8 heteroatoms. The lowest BCUT2D eigenvalue weighted by Crippen LogP contribution is -2.43. The highest BCUT2D eigenvalue weighted by Crippen LogP contribution is 2.42. The molecule has 2 aromatic heterocycles. The summed E-state index contributed by atoms with van der Waals surface area (Å²) in [5, 5.41) is 17.6. The molecule has 5 rings (SSSR count). The zero-order chi connectivity index (χ0) is 20.7. The fourth-order valence-electron chi connectivity index (χ4n) is 4.96. The Hall–Kier alpha value is -2.87. The molecule has 1 atom stereocenters. The van der Waals surface area contributed by atoms with Gasteiger partial charge in [-0.1, -0.05) is 19.3 Å². The van der Waals surface area contributed by atoms with Crippen LogP contribution in [0.3, 0.4) is 0 Å². The first-order chi connectivity index (χ1) is 14.6. The third-order valence-corrected chi connectivity index (χ3v) is 6.41. The van der Waals surface area contributed by atoms with Crippen molar-refractivity contribution >= 4 is 17.4 Å². The maximum absolute atomic E-state index is 12.7. The van der Waals surface area contributed by atoms with Crippen molar-refractivity contribution in [1.82, 2.24) is 15.0 Å². The first-order valence-electron chi connectivity index (χ1n) is 10.7. The highest BCUT2D eigenvalue weighted by molar-refractivity contribution is 6.00. The van der Waals surface area contributed by atoms with Crippen LogP contribution in [0.1, 0.15) is 60.1 Å². The number of aryl methyl sites for hydroxylation is 1. The number of carbonyl (C=O) groups excluding carboxylic acids is 1. The van der Waals surface area contributed by atoms with Gasteiger partial charge in [0.25, 0.3) is 5.91 Å². The van der Waals surface area contributed by atoms with Gasteiger partial charge in [-0.2, -0.15) is 4.73 Å². The molecule has 0 bridgehead atoms. The summed E-state index contributed by atoms with van der Waals surface area (Å²) in [6.45, 7) is 3.33. The molecule has 1 amide bonds. The van der Waals surface area contributed by atoms with Crippen LogP contribution in [0.5, 0.6) is 0 Å². The number of hydrogen-bond acceptors (Lipinski definition) is 6. The second kappa shape index (κ2) is 7.43. The summed E-state index contributed by atoms with van der Waals surface area (Å²) < 4.78 is 6.52. The van der Waals surface area contributed by atoms with E-state index in [4.69, 9.17) is 4.74 Å². The zero-order valence-electron chi connectivity index (χ0n) is 17.1. The monoisotopic (exact) mass is 409 g/mol. The van der Waals surface area contributed by atoms with Crippen LogP contribution >= 0.6 is 0 Å². The normalized spacial score (nSPS) is 22.9. The van der Waals surface area contributed by atoms with Gasteiger partial charge in [-0.05, 0) is 43.9 Å². The molecule has 30 heavy (non-hydrogen) atoms. The van der Waals surface area contributed by atoms with Gasteiger partial charge in [-0.3, -0.25) is 4.79 Å². The number of anilines is 1. The molecule has 2 aromatic rings. The lowest BCUT2D eigenvalue weighted by atomic mass is 9.79. The van der Waals surface area contributed by atoms with E-state index in [-0.39, 0.29) is 11.9 Å². The van der Waals surface area contributed by atoms with Crippen LogP contribution in [-0.2, 0) is 10.3 Å². The largest absolute Gasteiger partial charge is 0.427 e. The SMILES string of the molecule is Cc1cc(=Nc2ccnc(N[C@H]3CCOC3)c2)n(O)c2c1C(=O)NC21CCCCC1. The molecule has 0 radical (unpaired) electrons. The Labute approximate surface area is 175 Å². The van der Waals surface area contributed by atoms with E-state index in [1.54, 1.807) is 18.3 Å². The fraction of sp³-hybridized carbons (Fsp3) is 0.500. The molecule has 8 nitrogen and oxygen atoms in total. The Bertz CT molecular complexity index is 1050. The van der Waals surface area contributed by atoms with Gasteiger partial charge in [0.05, 0.1) is 35.1 Å². The van der Waals surface area contributed by atoms with Crippen molar-refractivity contribution in [3.63, 3.8) is 0 Å². The van der Waals surface area contributed by atoms with Crippen LogP contribution in [0, 0.1) is 6.92 Å². The van der Waals surface area contributed by atoms with Crippen LogP contribution < -0.4 is 16.1 Å². The van der Waals surface area contributed by atoms with E-state index in [0.29, 0.717) is 29.0 Å². The molecule has 4 heterocycles. The Morgan fingerprint density at radius 1 is 1.33 bits per heavy atom. The number of hydrogen-bond donors (Lipinski definition) is 3. The molecule has 1 aliphatic carbocycles. The molecule has 3 aliphatic rings. The van der Waals surface area contributed by atoms with Crippen molar-refractivity contribution in [2.75, 3.05) is 18.5 Å². The highest BCUT2D eigenvalue weighted by Gasteiger charge is 2.47. The molecular formula is C22H27N5O3. The van der Waals surface area contributed by atoms with E-state index in [0.717, 1.165) is 61.2 Å². The van der Waals surface area contributed by atoms with Crippen molar-refractivity contribution in [3.05, 3.63) is 46.7 Å². The van der Waals surface area contributed by atoms with E-state index in [1.165, 1.54) is 0 Å². The summed E-state index contributed by atoms with van der Waals surface area (Å²) in [7, 11) is 0. The topological polar surface area (TPSA) is 101 Å². The summed E-state index contributed by atoms with van der Waals surface area (Å²) >= 11 is 0. The minimum atomic E-state index is -0.497. The van der Waals surface area contributed by atoms with Gasteiger partial charge in [0.2, 0.25) is 0 Å². The van der Waals surface area contributed by atoms with Gasteiger partial charge in [0, 0.05) is 18.9 Å². The maximum Gasteiger partial charge on any atom is 0.254 e. The molecule has 158 valence electrons. The van der Waals surface area contributed by atoms with Gasteiger partial charge < -0.3 is 20.6 Å². The summed E-state index contributed by atoms with van der Waals surface area (Å²) in [6.07, 6.45) is 7.54. The predicted octanol–water partition coefficient (Wildman–Crippen LogP) is 2.76. The summed E-state index contributed by atoms with van der Waals surface area (Å²) in [5.74, 6) is 0.627. The van der Waals surface area contributed by atoms with Crippen LogP contribution in [0.2, 0.25) is 0 Å². The Kier molecular flexibility index (Phi) is 4.73. The van der Waals surface area contributed by atoms with Crippen LogP contribution in [0.25, 0.3) is 0 Å². The number of carbonyl (C=O) groups is 1. The summed E-state index contributed by atoms with van der Waals surface area (Å²) in [5.41, 5.74) is 2.66. The average molecular weight is 409 g/mol. The maximum atomic E-state index is 12.7. The molecular weight excluding hydrogens is 382 g/mol. The summed E-state index contributed by atoms with van der Waals surface area (Å²) in [6, 6.07) is 5.68. The number of aromatic nitrogens is 2. The van der Waals surface area contributed by atoms with Crippen molar-refractivity contribution < 1.29 is 14.7 Å². The van der Waals surface area contributed by atoms with Crippen molar-refractivity contribution in [3.8, 4) is 0 Å². The Balaban J connectivity index is 1.56. The molecule has 2 fully saturated rings. The third kappa shape index (κ3) is 3.25. The lowest BCUT2D eigenvalue weighted by molar-refractivity contribution is 0.0892. The molecule has 1 spiro atoms. The average Bonchev–Trinajstić information content (AvgIpc) is 3.33. The number of fused-ring (bicyclic) bond motifs is 2. The van der Waals surface area contributed by atoms with Crippen LogP contribution in [0.4, 0.5) is 11.5 Å². The molecule has 1 saturated heterocycles. The molecule has 2 aliphatic heterocycles. The van der Waals surface area contributed by atoms with Gasteiger partial charge in [-0.25, -0.2) is 9.98 Å². The molecule has 0 unspecified atom stereocenters. The quantitative estimate of drug-likeness (QED) is 0.677. The number of rotatable bonds is 3. The van der Waals surface area contributed by atoms with Crippen LogP contribution in [-0.4, -0.2) is 40.1 Å². The molecule has 0 aromatic carbocycles. The van der Waals surface area contributed by atoms with Gasteiger partial charge in [0.15, 0.2) is 5.49 Å². The van der Waals surface area contributed by atoms with Gasteiger partial charge in [-0.15, -0.1) is 0 Å². The van der Waals surface area contributed by atoms with Crippen LogP contribution in [0.15, 0.2) is 29.4 Å². The summed E-state index contributed by atoms with van der Waals surface area (Å²) in [4.78, 5) is 21.7. The standard InChI is InChI=1S/C22H27N5O3/c1-14-11-18(25-15-5-9-23-17(12-15)24-16-6-10-30-13-16)27(29)20-19(14)21(28)26-22(20)7-3-2-4-8-22/h5,9,11-12,16,29H,2-4,6-8,10,13H2,1H3,(H,23,24)(H,26,28)/t16-/m0/s1. The first kappa shape index (κ1) is 19.1. The lowest BCUT2D eigenvalue weighted by Gasteiger charge is -2.34. The fourth-order valence-corrected chi connectivity index (χ4v) is 4.96. The van der Waals surface area contributed by atoms with E-state index in [2.05, 4.69) is 20.6 Å². The predicted molar refractivity (Wildman–Crippen MR) is 111 cm³/mol. The minimum Gasteiger partial charge on any atom is -0.427 e. The van der Waals surface area contributed by atoms with E-state index in [9.17, 15) is 10.0 Å². The van der Waals surface area contributed by atoms with Crippen molar-refractivity contribution in [1.29, 1.82) is 0 Å². The number of nitrogens with zero attached hydrogens (tertiary/aromatic N) is 3. The smallest absolute Gasteiger partial charge is 0.254 e. The number of pyridine rings is 2. The second-order valence-electron chi connectivity index (χ2n) is 8.53. The number of amides is 1. The number of ether oxygens (including phenoxy) is 1. The molecule has 1 saturated carbocycles.